The van der Waals surface area contributed by atoms with Gasteiger partial charge in [-0.3, -0.25) is 4.79 Å². The first-order valence-corrected chi connectivity index (χ1v) is 7.86. The second-order valence-corrected chi connectivity index (χ2v) is 5.63. The third-order valence-electron chi connectivity index (χ3n) is 3.47. The van der Waals surface area contributed by atoms with Crippen LogP contribution in [0.15, 0.2) is 42.5 Å². The Morgan fingerprint density at radius 3 is 2.58 bits per heavy atom. The van der Waals surface area contributed by atoms with Crippen LogP contribution < -0.4 is 10.6 Å². The number of halogens is 1. The van der Waals surface area contributed by atoms with Crippen molar-refractivity contribution in [2.24, 2.45) is 0 Å². The van der Waals surface area contributed by atoms with Crippen LogP contribution in [0.5, 0.6) is 0 Å². The number of para-hydroxylation sites is 1. The van der Waals surface area contributed by atoms with Gasteiger partial charge in [-0.05, 0) is 36.8 Å². The highest BCUT2D eigenvalue weighted by Gasteiger charge is 2.09. The number of esters is 1. The number of anilines is 2. The fourth-order valence-electron chi connectivity index (χ4n) is 2.14. The van der Waals surface area contributed by atoms with Crippen molar-refractivity contribution in [1.82, 2.24) is 0 Å². The Morgan fingerprint density at radius 2 is 1.88 bits per heavy atom. The Labute approximate surface area is 146 Å². The standard InChI is InChI=1S/C18H19ClN2O3/c1-12-5-3-4-6-15(12)21-17(22)9-10-20-16-11-13(18(23)24-2)7-8-14(16)19/h3-8,11,20H,9-10H2,1-2H3,(H,21,22). The average molecular weight is 347 g/mol. The van der Waals surface area contributed by atoms with E-state index in [2.05, 4.69) is 15.4 Å². The molecule has 0 aromatic heterocycles. The van der Waals surface area contributed by atoms with Crippen LogP contribution in [0.2, 0.25) is 5.02 Å². The van der Waals surface area contributed by atoms with Gasteiger partial charge < -0.3 is 15.4 Å². The molecule has 6 heteroatoms. The van der Waals surface area contributed by atoms with E-state index in [9.17, 15) is 9.59 Å². The van der Waals surface area contributed by atoms with Crippen LogP contribution in [0, 0.1) is 6.92 Å². The molecule has 0 heterocycles. The SMILES string of the molecule is COC(=O)c1ccc(Cl)c(NCCC(=O)Nc2ccccc2C)c1. The molecular formula is C18H19ClN2O3. The zero-order valence-electron chi connectivity index (χ0n) is 13.6. The highest BCUT2D eigenvalue weighted by molar-refractivity contribution is 6.33. The Morgan fingerprint density at radius 1 is 1.12 bits per heavy atom. The molecule has 0 spiro atoms. The van der Waals surface area contributed by atoms with Crippen molar-refractivity contribution in [3.8, 4) is 0 Å². The number of benzene rings is 2. The van der Waals surface area contributed by atoms with Crippen molar-refractivity contribution in [3.05, 3.63) is 58.6 Å². The minimum Gasteiger partial charge on any atom is -0.465 e. The van der Waals surface area contributed by atoms with Crippen molar-refractivity contribution in [2.45, 2.75) is 13.3 Å². The van der Waals surface area contributed by atoms with E-state index in [0.717, 1.165) is 11.3 Å². The zero-order chi connectivity index (χ0) is 17.5. The zero-order valence-corrected chi connectivity index (χ0v) is 14.3. The summed E-state index contributed by atoms with van der Waals surface area (Å²) in [4.78, 5) is 23.5. The summed E-state index contributed by atoms with van der Waals surface area (Å²) >= 11 is 6.09. The third kappa shape index (κ3) is 4.73. The quantitative estimate of drug-likeness (QED) is 0.779. The normalized spacial score (nSPS) is 10.1. The van der Waals surface area contributed by atoms with Gasteiger partial charge in [0.2, 0.25) is 5.91 Å². The number of hydrogen-bond acceptors (Lipinski definition) is 4. The van der Waals surface area contributed by atoms with Crippen LogP contribution in [0.4, 0.5) is 11.4 Å². The number of methoxy groups -OCH3 is 1. The maximum atomic E-state index is 12.0. The van der Waals surface area contributed by atoms with Crippen molar-refractivity contribution in [3.63, 3.8) is 0 Å². The Bertz CT molecular complexity index is 747. The summed E-state index contributed by atoms with van der Waals surface area (Å²) in [6, 6.07) is 12.4. The first-order valence-electron chi connectivity index (χ1n) is 7.48. The predicted molar refractivity (Wildman–Crippen MR) is 95.7 cm³/mol. The van der Waals surface area contributed by atoms with Crippen LogP contribution in [0.1, 0.15) is 22.3 Å². The highest BCUT2D eigenvalue weighted by Crippen LogP contribution is 2.23. The van der Waals surface area contributed by atoms with E-state index in [1.165, 1.54) is 7.11 Å². The van der Waals surface area contributed by atoms with E-state index in [1.807, 2.05) is 31.2 Å². The van der Waals surface area contributed by atoms with Gasteiger partial charge in [0.05, 0.1) is 23.4 Å². The number of carbonyl (C=O) groups is 2. The first kappa shape index (κ1) is 17.8. The molecule has 2 aromatic carbocycles. The molecule has 1 amide bonds. The minimum absolute atomic E-state index is 0.1000. The molecule has 0 unspecified atom stereocenters. The van der Waals surface area contributed by atoms with Gasteiger partial charge in [0.25, 0.3) is 0 Å². The maximum absolute atomic E-state index is 12.0. The summed E-state index contributed by atoms with van der Waals surface area (Å²) in [7, 11) is 1.32. The van der Waals surface area contributed by atoms with Crippen LogP contribution in [0.3, 0.4) is 0 Å². The Kier molecular flexibility index (Phi) is 6.21. The monoisotopic (exact) mass is 346 g/mol. The molecule has 0 aliphatic heterocycles. The van der Waals surface area contributed by atoms with Gasteiger partial charge in [-0.1, -0.05) is 29.8 Å². The number of nitrogens with one attached hydrogen (secondary N) is 2. The molecule has 0 radical (unpaired) electrons. The van der Waals surface area contributed by atoms with Crippen molar-refractivity contribution in [1.29, 1.82) is 0 Å². The second-order valence-electron chi connectivity index (χ2n) is 5.23. The lowest BCUT2D eigenvalue weighted by Gasteiger charge is -2.11. The van der Waals surface area contributed by atoms with Crippen LogP contribution in [0.25, 0.3) is 0 Å². The molecular weight excluding hydrogens is 328 g/mol. The van der Waals surface area contributed by atoms with Gasteiger partial charge in [0.1, 0.15) is 0 Å². The van der Waals surface area contributed by atoms with E-state index in [4.69, 9.17) is 11.6 Å². The maximum Gasteiger partial charge on any atom is 0.337 e. The molecule has 0 aliphatic carbocycles. The number of rotatable bonds is 6. The lowest BCUT2D eigenvalue weighted by atomic mass is 10.2. The minimum atomic E-state index is -0.438. The van der Waals surface area contributed by atoms with Gasteiger partial charge in [-0.25, -0.2) is 4.79 Å². The van der Waals surface area contributed by atoms with E-state index in [-0.39, 0.29) is 12.3 Å². The Balaban J connectivity index is 1.91. The fourth-order valence-corrected chi connectivity index (χ4v) is 2.33. The molecule has 2 N–H and O–H groups in total. The van der Waals surface area contributed by atoms with E-state index in [0.29, 0.717) is 22.8 Å². The molecule has 0 fully saturated rings. The van der Waals surface area contributed by atoms with Crippen molar-refractivity contribution < 1.29 is 14.3 Å². The summed E-state index contributed by atoms with van der Waals surface area (Å²) in [6.45, 7) is 2.33. The number of ether oxygens (including phenoxy) is 1. The molecule has 0 atom stereocenters. The summed E-state index contributed by atoms with van der Waals surface area (Å²) in [6.07, 6.45) is 0.271. The highest BCUT2D eigenvalue weighted by atomic mass is 35.5. The molecule has 2 aromatic rings. The fraction of sp³-hybridized carbons (Fsp3) is 0.222. The molecule has 2 rings (SSSR count). The molecule has 126 valence electrons. The number of hydrogen-bond donors (Lipinski definition) is 2. The second kappa shape index (κ2) is 8.36. The molecule has 0 aliphatic rings. The van der Waals surface area contributed by atoms with Gasteiger partial charge in [-0.15, -0.1) is 0 Å². The van der Waals surface area contributed by atoms with Gasteiger partial charge >= 0.3 is 5.97 Å². The lowest BCUT2D eigenvalue weighted by Crippen LogP contribution is -2.17. The third-order valence-corrected chi connectivity index (χ3v) is 3.80. The summed E-state index contributed by atoms with van der Waals surface area (Å²) in [5.74, 6) is -0.538. The topological polar surface area (TPSA) is 67.4 Å². The average Bonchev–Trinajstić information content (AvgIpc) is 2.58. The van der Waals surface area contributed by atoms with E-state index in [1.54, 1.807) is 18.2 Å². The number of carbonyl (C=O) groups excluding carboxylic acids is 2. The lowest BCUT2D eigenvalue weighted by molar-refractivity contribution is -0.115. The number of aryl methyl sites for hydroxylation is 1. The van der Waals surface area contributed by atoms with Crippen molar-refractivity contribution >= 4 is 34.9 Å². The smallest absolute Gasteiger partial charge is 0.337 e. The van der Waals surface area contributed by atoms with Gasteiger partial charge in [-0.2, -0.15) is 0 Å². The molecule has 24 heavy (non-hydrogen) atoms. The van der Waals surface area contributed by atoms with Gasteiger partial charge in [0, 0.05) is 18.7 Å². The van der Waals surface area contributed by atoms with E-state index >= 15 is 0 Å². The number of amides is 1. The van der Waals surface area contributed by atoms with Crippen LogP contribution >= 0.6 is 11.6 Å². The van der Waals surface area contributed by atoms with E-state index < -0.39 is 5.97 Å². The predicted octanol–water partition coefficient (Wildman–Crippen LogP) is 3.88. The summed E-state index contributed by atoms with van der Waals surface area (Å²) in [5, 5.41) is 6.40. The molecule has 0 saturated heterocycles. The summed E-state index contributed by atoms with van der Waals surface area (Å²) < 4.78 is 4.68. The van der Waals surface area contributed by atoms with Crippen molar-refractivity contribution in [2.75, 3.05) is 24.3 Å². The van der Waals surface area contributed by atoms with Crippen LogP contribution in [-0.4, -0.2) is 25.5 Å². The molecule has 0 saturated carbocycles. The van der Waals surface area contributed by atoms with Crippen LogP contribution in [-0.2, 0) is 9.53 Å². The largest absolute Gasteiger partial charge is 0.465 e. The molecule has 5 nitrogen and oxygen atoms in total. The van der Waals surface area contributed by atoms with Gasteiger partial charge in [0.15, 0.2) is 0 Å². The summed E-state index contributed by atoms with van der Waals surface area (Å²) in [5.41, 5.74) is 2.79. The first-order chi connectivity index (χ1) is 11.5. The molecule has 0 bridgehead atoms. The Hall–Kier alpha value is -2.53.